The van der Waals surface area contributed by atoms with Crippen LogP contribution >= 0.6 is 11.9 Å². The van der Waals surface area contributed by atoms with Gasteiger partial charge in [0.05, 0.1) is 14.2 Å². The van der Waals surface area contributed by atoms with E-state index in [1.54, 1.807) is 13.8 Å². The van der Waals surface area contributed by atoms with Gasteiger partial charge in [0.25, 0.3) is 5.60 Å². The monoisotopic (exact) mass is 423 g/mol. The number of amides is 1. The number of ether oxygens (including phenoxy) is 3. The molecule has 1 aliphatic heterocycles. The lowest BCUT2D eigenvalue weighted by Crippen LogP contribution is -2.61. The van der Waals surface area contributed by atoms with Gasteiger partial charge in [-0.25, -0.2) is 9.59 Å². The second-order valence-corrected chi connectivity index (χ2v) is 8.84. The molecule has 0 aliphatic carbocycles. The van der Waals surface area contributed by atoms with E-state index in [9.17, 15) is 14.4 Å². The molecule has 8 heteroatoms. The minimum atomic E-state index is -1.92. The highest BCUT2D eigenvalue weighted by atomic mass is 32.2. The van der Waals surface area contributed by atoms with Crippen molar-refractivity contribution in [2.75, 3.05) is 20.0 Å². The highest BCUT2D eigenvalue weighted by Gasteiger charge is 2.73. The van der Waals surface area contributed by atoms with E-state index in [4.69, 9.17) is 14.2 Å². The summed E-state index contributed by atoms with van der Waals surface area (Å²) in [5.74, 6) is -1.58. The van der Waals surface area contributed by atoms with Crippen molar-refractivity contribution < 1.29 is 28.6 Å². The average molecular weight is 424 g/mol. The fourth-order valence-electron chi connectivity index (χ4n) is 4.32. The second-order valence-electron chi connectivity index (χ2n) is 7.64. The molecule has 160 valence electrons. The number of rotatable bonds is 5. The molecule has 2 rings (SSSR count). The lowest BCUT2D eigenvalue weighted by molar-refractivity contribution is -0.174. The summed E-state index contributed by atoms with van der Waals surface area (Å²) in [6.07, 6.45) is -1.05. The molecule has 1 heterocycles. The summed E-state index contributed by atoms with van der Waals surface area (Å²) in [5.41, 5.74) is 0.246. The van der Waals surface area contributed by atoms with Gasteiger partial charge in [-0.3, -0.25) is 9.10 Å². The molecular weight excluding hydrogens is 394 g/mol. The van der Waals surface area contributed by atoms with Gasteiger partial charge in [0, 0.05) is 5.75 Å². The van der Waals surface area contributed by atoms with Gasteiger partial charge >= 0.3 is 12.1 Å². The molecule has 0 aromatic heterocycles. The van der Waals surface area contributed by atoms with Crippen molar-refractivity contribution in [2.45, 2.75) is 58.6 Å². The van der Waals surface area contributed by atoms with Crippen molar-refractivity contribution in [3.8, 4) is 0 Å². The van der Waals surface area contributed by atoms with Gasteiger partial charge in [-0.1, -0.05) is 24.6 Å². The number of carbonyl (C=O) groups excluding carboxylic acids is 3. The number of aryl methyl sites for hydroxylation is 3. The van der Waals surface area contributed by atoms with E-state index < -0.39 is 29.2 Å². The summed E-state index contributed by atoms with van der Waals surface area (Å²) < 4.78 is 17.0. The predicted molar refractivity (Wildman–Crippen MR) is 111 cm³/mol. The molecule has 1 amide bonds. The number of benzene rings is 1. The predicted octanol–water partition coefficient (Wildman–Crippen LogP) is 3.68. The van der Waals surface area contributed by atoms with E-state index in [-0.39, 0.29) is 5.91 Å². The lowest BCUT2D eigenvalue weighted by Gasteiger charge is -2.42. The number of nitrogens with zero attached hydrogens (tertiary/aromatic N) is 1. The maximum Gasteiger partial charge on any atom is 0.509 e. The Balaban J connectivity index is 2.90. The van der Waals surface area contributed by atoms with Gasteiger partial charge < -0.3 is 14.2 Å². The molecular formula is C21H29NO6S. The van der Waals surface area contributed by atoms with E-state index >= 15 is 0 Å². The molecule has 0 radical (unpaired) electrons. The number of hydrogen-bond acceptors (Lipinski definition) is 7. The third-order valence-electron chi connectivity index (χ3n) is 5.45. The Hall–Kier alpha value is -2.22. The van der Waals surface area contributed by atoms with E-state index in [2.05, 4.69) is 0 Å². The van der Waals surface area contributed by atoms with E-state index in [1.165, 1.54) is 23.4 Å². The zero-order valence-corrected chi connectivity index (χ0v) is 19.1. The Bertz CT molecular complexity index is 813. The minimum absolute atomic E-state index is 0.314. The van der Waals surface area contributed by atoms with Crippen molar-refractivity contribution in [2.24, 2.45) is 0 Å². The molecule has 7 nitrogen and oxygen atoms in total. The van der Waals surface area contributed by atoms with Crippen LogP contribution in [0.5, 0.6) is 0 Å². The Kier molecular flexibility index (Phi) is 6.57. The fourth-order valence-corrected chi connectivity index (χ4v) is 5.27. The molecule has 1 aromatic rings. The van der Waals surface area contributed by atoms with Gasteiger partial charge in [0.1, 0.15) is 11.5 Å². The van der Waals surface area contributed by atoms with Crippen LogP contribution in [0.3, 0.4) is 0 Å². The summed E-state index contributed by atoms with van der Waals surface area (Å²) in [4.78, 5) is 39.2. The number of carbonyl (C=O) groups is 3. The van der Waals surface area contributed by atoms with Crippen LogP contribution in [0.15, 0.2) is 12.1 Å². The quantitative estimate of drug-likeness (QED) is 0.528. The van der Waals surface area contributed by atoms with Gasteiger partial charge in [-0.15, -0.1) is 0 Å². The van der Waals surface area contributed by atoms with Crippen molar-refractivity contribution in [1.82, 2.24) is 4.31 Å². The first-order valence-electron chi connectivity index (χ1n) is 9.39. The molecule has 1 aliphatic rings. The number of esters is 1. The summed E-state index contributed by atoms with van der Waals surface area (Å²) in [6.45, 7) is 11.0. The van der Waals surface area contributed by atoms with Gasteiger partial charge in [0.15, 0.2) is 0 Å². The Morgan fingerprint density at radius 2 is 1.66 bits per heavy atom. The first-order valence-corrected chi connectivity index (χ1v) is 10.3. The maximum atomic E-state index is 13.7. The molecule has 0 saturated carbocycles. The molecule has 1 saturated heterocycles. The smallest absolute Gasteiger partial charge is 0.466 e. The van der Waals surface area contributed by atoms with Crippen molar-refractivity contribution in [3.05, 3.63) is 34.4 Å². The molecule has 0 bridgehead atoms. The summed E-state index contributed by atoms with van der Waals surface area (Å²) in [7, 11) is 2.37. The van der Waals surface area contributed by atoms with Crippen molar-refractivity contribution in [1.29, 1.82) is 0 Å². The SMILES string of the molecule is CCSN1C(=O)C(c2c(C)cc(C)cc2C)C(OC(=O)OC)(C(=O)OC)C1(C)C. The average Bonchev–Trinajstić information content (AvgIpc) is 2.80. The van der Waals surface area contributed by atoms with Crippen LogP contribution in [-0.4, -0.2) is 53.4 Å². The van der Waals surface area contributed by atoms with Crippen LogP contribution in [0, 0.1) is 20.8 Å². The molecule has 2 atom stereocenters. The summed E-state index contributed by atoms with van der Waals surface area (Å²) >= 11 is 1.28. The number of methoxy groups -OCH3 is 2. The first-order chi connectivity index (χ1) is 13.5. The third-order valence-corrected chi connectivity index (χ3v) is 6.61. The van der Waals surface area contributed by atoms with Crippen LogP contribution in [-0.2, 0) is 23.8 Å². The van der Waals surface area contributed by atoms with E-state index in [0.29, 0.717) is 11.3 Å². The molecule has 1 aromatic carbocycles. The van der Waals surface area contributed by atoms with E-state index in [1.807, 2.05) is 39.8 Å². The Morgan fingerprint density at radius 3 is 2.10 bits per heavy atom. The normalized spacial score (nSPS) is 23.1. The highest BCUT2D eigenvalue weighted by molar-refractivity contribution is 7.97. The molecule has 0 spiro atoms. The van der Waals surface area contributed by atoms with Gasteiger partial charge in [-0.2, -0.15) is 0 Å². The summed E-state index contributed by atoms with van der Waals surface area (Å²) in [6, 6.07) is 3.89. The van der Waals surface area contributed by atoms with Crippen molar-refractivity contribution in [3.63, 3.8) is 0 Å². The van der Waals surface area contributed by atoms with Gasteiger partial charge in [0.2, 0.25) is 5.91 Å². The third kappa shape index (κ3) is 3.47. The van der Waals surface area contributed by atoms with Crippen LogP contribution in [0.25, 0.3) is 0 Å². The standard InChI is InChI=1S/C21H29NO6S/c1-9-29-22-17(23)16(15-13(3)10-12(2)11-14(15)4)21(18(24)26-7,20(22,5)6)28-19(25)27-8/h10-11,16H,9H2,1-8H3. The van der Waals surface area contributed by atoms with E-state index in [0.717, 1.165) is 23.8 Å². The maximum absolute atomic E-state index is 13.7. The van der Waals surface area contributed by atoms with Crippen LogP contribution < -0.4 is 0 Å². The first kappa shape index (κ1) is 23.1. The van der Waals surface area contributed by atoms with Crippen LogP contribution in [0.4, 0.5) is 4.79 Å². The largest absolute Gasteiger partial charge is 0.509 e. The zero-order valence-electron chi connectivity index (χ0n) is 18.2. The molecule has 1 fully saturated rings. The minimum Gasteiger partial charge on any atom is -0.466 e. The Labute approximate surface area is 176 Å². The topological polar surface area (TPSA) is 82.1 Å². The fraction of sp³-hybridized carbons (Fsp3) is 0.571. The van der Waals surface area contributed by atoms with Crippen molar-refractivity contribution >= 4 is 30.0 Å². The highest BCUT2D eigenvalue weighted by Crippen LogP contribution is 2.54. The van der Waals surface area contributed by atoms with Gasteiger partial charge in [-0.05, 0) is 63.3 Å². The molecule has 0 N–H and O–H groups in total. The second kappa shape index (κ2) is 8.26. The molecule has 29 heavy (non-hydrogen) atoms. The molecule has 2 unspecified atom stereocenters. The van der Waals surface area contributed by atoms with Crippen LogP contribution in [0.2, 0.25) is 0 Å². The Morgan fingerprint density at radius 1 is 1.10 bits per heavy atom. The number of hydrogen-bond donors (Lipinski definition) is 0. The lowest BCUT2D eigenvalue weighted by atomic mass is 9.72. The summed E-state index contributed by atoms with van der Waals surface area (Å²) in [5, 5.41) is 0. The zero-order chi connectivity index (χ0) is 22.1. The van der Waals surface area contributed by atoms with Crippen LogP contribution in [0.1, 0.15) is 48.9 Å².